The predicted molar refractivity (Wildman–Crippen MR) is 147 cm³/mol. The Labute approximate surface area is 241 Å². The van der Waals surface area contributed by atoms with Crippen LogP contribution in [-0.4, -0.2) is 96.3 Å². The van der Waals surface area contributed by atoms with E-state index in [4.69, 9.17) is 36.6 Å². The zero-order valence-electron chi connectivity index (χ0n) is 22.4. The fourth-order valence-corrected chi connectivity index (χ4v) is 5.88. The first-order valence-corrected chi connectivity index (χ1v) is 14.5. The van der Waals surface area contributed by atoms with Gasteiger partial charge in [-0.15, -0.1) is 0 Å². The summed E-state index contributed by atoms with van der Waals surface area (Å²) in [7, 11) is 3.24. The molecule has 4 heterocycles. The second-order valence-corrected chi connectivity index (χ2v) is 11.3. The van der Waals surface area contributed by atoms with Gasteiger partial charge in [0, 0.05) is 12.8 Å². The van der Waals surface area contributed by atoms with Crippen LogP contribution in [0.1, 0.15) is 18.4 Å². The molecule has 16 nitrogen and oxygen atoms in total. The molecule has 0 bridgehead atoms. The number of carbonyl (C=O) groups excluding carboxylic acids is 3. The van der Waals surface area contributed by atoms with Crippen molar-refractivity contribution in [3.63, 3.8) is 0 Å². The van der Waals surface area contributed by atoms with Gasteiger partial charge in [-0.1, -0.05) is 12.1 Å². The first-order chi connectivity index (χ1) is 20.0. The number of nitrogens with two attached hydrogens (primary N) is 1. The number of ether oxygens (including phenoxy) is 3. The van der Waals surface area contributed by atoms with Crippen molar-refractivity contribution < 1.29 is 47.6 Å². The molecule has 5 unspecified atom stereocenters. The number of methoxy groups -OCH3 is 1. The number of fused-ring (bicyclic) bond motifs is 2. The zero-order valence-corrected chi connectivity index (χ0v) is 23.3. The number of phenols is 1. The molecule has 6 atom stereocenters. The number of nitrogen functional groups attached to an aromatic ring is 1. The Morgan fingerprint density at radius 3 is 2.79 bits per heavy atom. The second-order valence-electron chi connectivity index (χ2n) is 9.73. The molecule has 3 aliphatic heterocycles. The van der Waals surface area contributed by atoms with E-state index >= 15 is 0 Å². The van der Waals surface area contributed by atoms with Crippen molar-refractivity contribution in [3.05, 3.63) is 36.2 Å². The first-order valence-electron chi connectivity index (χ1n) is 12.9. The number of anilines is 3. The number of amides is 1. The molecular weight excluding hydrogens is 574 g/mol. The summed E-state index contributed by atoms with van der Waals surface area (Å²) in [4.78, 5) is 58.1. The van der Waals surface area contributed by atoms with Gasteiger partial charge in [-0.05, 0) is 17.7 Å². The van der Waals surface area contributed by atoms with E-state index in [-0.39, 0.29) is 44.1 Å². The molecule has 3 aliphatic rings. The summed E-state index contributed by atoms with van der Waals surface area (Å²) in [5, 5.41) is 15.1. The van der Waals surface area contributed by atoms with E-state index < -0.39 is 56.2 Å². The average molecular weight is 603 g/mol. The maximum Gasteiger partial charge on any atom is 0.488 e. The molecule has 5 rings (SSSR count). The Balaban J connectivity index is 1.24. The van der Waals surface area contributed by atoms with Gasteiger partial charge in [-0.2, -0.15) is 9.05 Å². The number of aromatic hydroxyl groups is 1. The fraction of sp³-hybridized carbons (Fsp3) is 0.458. The number of aromatic nitrogens is 2. The standard InChI is InChI=1S/C24H29BN6O10P/c1-37-24(35)14(8-12-2-4-13(32)5-3-12)30-16(33)6-7-17(34)40-20-19-15(9-38-42(25,36)41-19)39-23(20)31-11-29-18-21(26)27-10-28-22(18)31/h2-5,10,14-15,19-20,23,29,32,36H,6-9,11H2,1H3,(H,30,33)(H2,26,27,28)/q+1/t14?,15?,19-,20?,23?,42?/m1/s1. The van der Waals surface area contributed by atoms with Gasteiger partial charge in [0.1, 0.15) is 36.5 Å². The quantitative estimate of drug-likeness (QED) is 0.139. The monoisotopic (exact) mass is 603 g/mol. The lowest BCUT2D eigenvalue weighted by atomic mass is 10.1. The number of benzene rings is 1. The maximum atomic E-state index is 13.0. The molecule has 18 heteroatoms. The molecule has 1 amide bonds. The van der Waals surface area contributed by atoms with Crippen molar-refractivity contribution >= 4 is 50.6 Å². The fourth-order valence-electron chi connectivity index (χ4n) is 4.85. The van der Waals surface area contributed by atoms with Crippen molar-refractivity contribution in [2.24, 2.45) is 0 Å². The van der Waals surface area contributed by atoms with Crippen LogP contribution < -0.4 is 21.3 Å². The SMILES string of the molecule is [B][P+]1(O)OCC2OC(N3CNc4c(N)ncnc43)C(OC(=O)CCC(=O)NC(Cc3ccc(O)cc3)C(=O)OC)[C@@H]2O1. The number of nitrogens with one attached hydrogen (secondary N) is 2. The number of nitrogens with zero attached hydrogens (tertiary/aromatic N) is 3. The van der Waals surface area contributed by atoms with E-state index in [0.717, 1.165) is 0 Å². The summed E-state index contributed by atoms with van der Waals surface area (Å²) < 4.78 is 27.4. The lowest BCUT2D eigenvalue weighted by Gasteiger charge is -2.30. The first kappa shape index (κ1) is 29.7. The molecule has 0 saturated carbocycles. The van der Waals surface area contributed by atoms with Crippen LogP contribution in [0.15, 0.2) is 30.6 Å². The van der Waals surface area contributed by atoms with Gasteiger partial charge in [-0.3, -0.25) is 9.59 Å². The molecular formula is C24H29BN6O10P+. The third-order valence-corrected chi connectivity index (χ3v) is 7.93. The number of carbonyl (C=O) groups is 3. The predicted octanol–water partition coefficient (Wildman–Crippen LogP) is -0.475. The van der Waals surface area contributed by atoms with E-state index in [2.05, 4.69) is 20.6 Å². The molecule has 2 aromatic rings. The molecule has 42 heavy (non-hydrogen) atoms. The van der Waals surface area contributed by atoms with Crippen LogP contribution in [0.2, 0.25) is 0 Å². The Bertz CT molecular complexity index is 1340. The van der Waals surface area contributed by atoms with E-state index in [1.807, 2.05) is 0 Å². The summed E-state index contributed by atoms with van der Waals surface area (Å²) in [6, 6.07) is 5.12. The van der Waals surface area contributed by atoms with Gasteiger partial charge < -0.3 is 40.6 Å². The van der Waals surface area contributed by atoms with Gasteiger partial charge in [-0.25, -0.2) is 19.7 Å². The molecule has 1 aromatic carbocycles. The van der Waals surface area contributed by atoms with Gasteiger partial charge in [0.15, 0.2) is 30.1 Å². The number of hydrogen-bond acceptors (Lipinski definition) is 15. The normalized spacial score (nSPS) is 26.9. The van der Waals surface area contributed by atoms with E-state index in [1.54, 1.807) is 17.0 Å². The third kappa shape index (κ3) is 6.50. The van der Waals surface area contributed by atoms with Gasteiger partial charge in [0.25, 0.3) is 0 Å². The van der Waals surface area contributed by atoms with Crippen LogP contribution in [0.3, 0.4) is 0 Å². The van der Waals surface area contributed by atoms with Gasteiger partial charge in [0.05, 0.1) is 20.2 Å². The number of hydrogen-bond donors (Lipinski definition) is 5. The number of phenolic OH excluding ortho intramolecular Hbond substituents is 1. The van der Waals surface area contributed by atoms with Crippen LogP contribution in [0.25, 0.3) is 0 Å². The van der Waals surface area contributed by atoms with E-state index in [0.29, 0.717) is 17.1 Å². The third-order valence-electron chi connectivity index (χ3n) is 6.86. The van der Waals surface area contributed by atoms with Crippen LogP contribution in [0.4, 0.5) is 17.3 Å². The second kappa shape index (κ2) is 12.2. The molecule has 222 valence electrons. The maximum absolute atomic E-state index is 13.0. The molecule has 2 saturated heterocycles. The highest BCUT2D eigenvalue weighted by Gasteiger charge is 2.60. The minimum atomic E-state index is -3.68. The highest BCUT2D eigenvalue weighted by molar-refractivity contribution is 7.85. The lowest BCUT2D eigenvalue weighted by Crippen LogP contribution is -2.48. The van der Waals surface area contributed by atoms with Crippen molar-refractivity contribution in [2.75, 3.05) is 36.3 Å². The topological polar surface area (TPSA) is 217 Å². The zero-order chi connectivity index (χ0) is 30.0. The summed E-state index contributed by atoms with van der Waals surface area (Å²) in [5.41, 5.74) is 7.10. The van der Waals surface area contributed by atoms with E-state index in [9.17, 15) is 24.4 Å². The van der Waals surface area contributed by atoms with Crippen LogP contribution in [0, 0.1) is 0 Å². The summed E-state index contributed by atoms with van der Waals surface area (Å²) >= 11 is 0. The van der Waals surface area contributed by atoms with Gasteiger partial charge >= 0.3 is 27.3 Å². The Kier molecular flexibility index (Phi) is 8.66. The molecule has 2 radical (unpaired) electrons. The highest BCUT2D eigenvalue weighted by Crippen LogP contribution is 2.58. The Morgan fingerprint density at radius 2 is 2.05 bits per heavy atom. The molecule has 6 N–H and O–H groups in total. The molecule has 0 aliphatic carbocycles. The van der Waals surface area contributed by atoms with Crippen molar-refractivity contribution in [1.29, 1.82) is 0 Å². The van der Waals surface area contributed by atoms with Crippen molar-refractivity contribution in [3.8, 4) is 5.75 Å². The number of rotatable bonds is 9. The van der Waals surface area contributed by atoms with Crippen LogP contribution >= 0.6 is 7.82 Å². The Morgan fingerprint density at radius 1 is 1.29 bits per heavy atom. The summed E-state index contributed by atoms with van der Waals surface area (Å²) in [6.45, 7) is 0.0893. The summed E-state index contributed by atoms with van der Waals surface area (Å²) in [5.74, 6) is -1.34. The molecule has 0 spiro atoms. The van der Waals surface area contributed by atoms with Crippen LogP contribution in [-0.2, 0) is 44.1 Å². The number of esters is 2. The molecule has 1 aromatic heterocycles. The summed E-state index contributed by atoms with van der Waals surface area (Å²) in [6.07, 6.45) is -2.99. The minimum absolute atomic E-state index is 0.0592. The van der Waals surface area contributed by atoms with Crippen LogP contribution in [0.5, 0.6) is 5.75 Å². The largest absolute Gasteiger partial charge is 0.508 e. The van der Waals surface area contributed by atoms with E-state index in [1.165, 1.54) is 25.6 Å². The highest BCUT2D eigenvalue weighted by atomic mass is 31.2. The van der Waals surface area contributed by atoms with Crippen molar-refractivity contribution in [2.45, 2.75) is 49.8 Å². The minimum Gasteiger partial charge on any atom is -0.508 e. The average Bonchev–Trinajstić information content (AvgIpc) is 3.53. The molecule has 2 fully saturated rings. The lowest BCUT2D eigenvalue weighted by molar-refractivity contribution is -0.156. The van der Waals surface area contributed by atoms with Crippen molar-refractivity contribution in [1.82, 2.24) is 15.3 Å². The smallest absolute Gasteiger partial charge is 0.488 e. The van der Waals surface area contributed by atoms with Gasteiger partial charge in [0.2, 0.25) is 5.91 Å². The Hall–Kier alpha value is -3.76.